The van der Waals surface area contributed by atoms with E-state index in [4.69, 9.17) is 4.74 Å². The molecule has 5 rings (SSSR count). The fourth-order valence-corrected chi connectivity index (χ4v) is 3.85. The molecule has 4 aromatic rings. The summed E-state index contributed by atoms with van der Waals surface area (Å²) < 4.78 is 7.73. The molecule has 1 N–H and O–H groups in total. The van der Waals surface area contributed by atoms with E-state index >= 15 is 0 Å². The Morgan fingerprint density at radius 3 is 2.55 bits per heavy atom. The van der Waals surface area contributed by atoms with Crippen molar-refractivity contribution >= 4 is 28.5 Å². The SMILES string of the molecule is COc1ccc(N2CC(C(=O)Nn3cnc4c(cnn4-c4ccccc4)c3=O)CC2=O)cc1. The first-order valence-corrected chi connectivity index (χ1v) is 10.3. The summed E-state index contributed by atoms with van der Waals surface area (Å²) in [4.78, 5) is 44.1. The Morgan fingerprint density at radius 1 is 1.06 bits per heavy atom. The number of carbonyl (C=O) groups excluding carboxylic acids is 2. The van der Waals surface area contributed by atoms with Crippen LogP contribution in [0.4, 0.5) is 5.69 Å². The van der Waals surface area contributed by atoms with Gasteiger partial charge in [-0.1, -0.05) is 18.2 Å². The average molecular weight is 444 g/mol. The summed E-state index contributed by atoms with van der Waals surface area (Å²) in [5.74, 6) is -0.518. The zero-order chi connectivity index (χ0) is 22.9. The Balaban J connectivity index is 1.34. The predicted octanol–water partition coefficient (Wildman–Crippen LogP) is 1.71. The lowest BCUT2D eigenvalue weighted by Crippen LogP contribution is -2.37. The van der Waals surface area contributed by atoms with Gasteiger partial charge in [-0.2, -0.15) is 5.10 Å². The molecule has 1 unspecified atom stereocenters. The summed E-state index contributed by atoms with van der Waals surface area (Å²) in [5.41, 5.74) is 3.96. The van der Waals surface area contributed by atoms with Crippen LogP contribution in [0.1, 0.15) is 6.42 Å². The highest BCUT2D eigenvalue weighted by Crippen LogP contribution is 2.27. The molecule has 1 aliphatic rings. The molecule has 3 heterocycles. The fraction of sp³-hybridized carbons (Fsp3) is 0.174. The lowest BCUT2D eigenvalue weighted by atomic mass is 10.1. The van der Waals surface area contributed by atoms with E-state index in [0.717, 1.165) is 10.4 Å². The van der Waals surface area contributed by atoms with Crippen molar-refractivity contribution in [3.05, 3.63) is 77.5 Å². The van der Waals surface area contributed by atoms with Crippen LogP contribution in [0.2, 0.25) is 0 Å². The van der Waals surface area contributed by atoms with Gasteiger partial charge in [-0.15, -0.1) is 0 Å². The van der Waals surface area contributed by atoms with Gasteiger partial charge in [0, 0.05) is 18.7 Å². The van der Waals surface area contributed by atoms with Crippen LogP contribution in [-0.4, -0.2) is 44.9 Å². The Labute approximate surface area is 188 Å². The molecule has 10 heteroatoms. The summed E-state index contributed by atoms with van der Waals surface area (Å²) in [6.07, 6.45) is 2.72. The molecule has 2 aromatic heterocycles. The molecule has 33 heavy (non-hydrogen) atoms. The Bertz CT molecular complexity index is 1390. The van der Waals surface area contributed by atoms with E-state index in [1.54, 1.807) is 41.0 Å². The number of para-hydroxylation sites is 1. The van der Waals surface area contributed by atoms with Crippen molar-refractivity contribution in [2.24, 2.45) is 5.92 Å². The molecule has 166 valence electrons. The molecule has 0 radical (unpaired) electrons. The van der Waals surface area contributed by atoms with Crippen LogP contribution < -0.4 is 20.6 Å². The average Bonchev–Trinajstić information content (AvgIpc) is 3.46. The van der Waals surface area contributed by atoms with E-state index in [2.05, 4.69) is 15.5 Å². The van der Waals surface area contributed by atoms with Crippen molar-refractivity contribution in [1.82, 2.24) is 19.4 Å². The zero-order valence-electron chi connectivity index (χ0n) is 17.7. The second-order valence-corrected chi connectivity index (χ2v) is 7.63. The summed E-state index contributed by atoms with van der Waals surface area (Å²) in [6, 6.07) is 16.4. The maximum Gasteiger partial charge on any atom is 0.283 e. The van der Waals surface area contributed by atoms with Gasteiger partial charge in [-0.25, -0.2) is 14.3 Å². The molecule has 1 fully saturated rings. The monoisotopic (exact) mass is 444 g/mol. The van der Waals surface area contributed by atoms with Gasteiger partial charge in [-0.05, 0) is 36.4 Å². The van der Waals surface area contributed by atoms with E-state index in [9.17, 15) is 14.4 Å². The van der Waals surface area contributed by atoms with Gasteiger partial charge in [0.25, 0.3) is 5.56 Å². The normalized spacial score (nSPS) is 15.7. The number of fused-ring (bicyclic) bond motifs is 1. The molecular weight excluding hydrogens is 424 g/mol. The molecule has 2 amide bonds. The zero-order valence-corrected chi connectivity index (χ0v) is 17.7. The molecule has 1 aliphatic heterocycles. The summed E-state index contributed by atoms with van der Waals surface area (Å²) in [6.45, 7) is 0.216. The number of rotatable bonds is 5. The van der Waals surface area contributed by atoms with Crippen molar-refractivity contribution in [2.75, 3.05) is 24.0 Å². The third-order valence-electron chi connectivity index (χ3n) is 5.60. The topological polar surface area (TPSA) is 111 Å². The Morgan fingerprint density at radius 2 is 1.82 bits per heavy atom. The number of nitrogens with zero attached hydrogens (tertiary/aromatic N) is 5. The molecular formula is C23H20N6O4. The van der Waals surface area contributed by atoms with Crippen molar-refractivity contribution in [3.63, 3.8) is 0 Å². The molecule has 0 saturated carbocycles. The first kappa shape index (κ1) is 20.4. The lowest BCUT2D eigenvalue weighted by molar-refractivity contribution is -0.123. The quantitative estimate of drug-likeness (QED) is 0.502. The van der Waals surface area contributed by atoms with Gasteiger partial charge in [-0.3, -0.25) is 19.8 Å². The third-order valence-corrected chi connectivity index (χ3v) is 5.60. The lowest BCUT2D eigenvalue weighted by Gasteiger charge is -2.17. The van der Waals surface area contributed by atoms with Crippen molar-refractivity contribution < 1.29 is 14.3 Å². The minimum Gasteiger partial charge on any atom is -0.497 e. The van der Waals surface area contributed by atoms with E-state index in [1.807, 2.05) is 30.3 Å². The molecule has 0 aliphatic carbocycles. The summed E-state index contributed by atoms with van der Waals surface area (Å²) >= 11 is 0. The van der Waals surface area contributed by atoms with Crippen LogP contribution in [-0.2, 0) is 9.59 Å². The standard InChI is InChI=1S/C23H20N6O4/c1-33-18-9-7-16(8-10-18)27-13-15(11-20(27)30)22(31)26-28-14-24-21-19(23(28)32)12-25-29(21)17-5-3-2-4-6-17/h2-10,12,14-15H,11,13H2,1H3,(H,26,31). The first-order valence-electron chi connectivity index (χ1n) is 10.3. The molecule has 10 nitrogen and oxygen atoms in total. The fourth-order valence-electron chi connectivity index (χ4n) is 3.85. The predicted molar refractivity (Wildman–Crippen MR) is 121 cm³/mol. The van der Waals surface area contributed by atoms with Gasteiger partial charge < -0.3 is 9.64 Å². The number of anilines is 1. The summed E-state index contributed by atoms with van der Waals surface area (Å²) in [5, 5.41) is 4.53. The number of amides is 2. The van der Waals surface area contributed by atoms with Crippen molar-refractivity contribution in [2.45, 2.75) is 6.42 Å². The van der Waals surface area contributed by atoms with Crippen LogP contribution in [0.15, 0.2) is 71.9 Å². The first-order chi connectivity index (χ1) is 16.0. The van der Waals surface area contributed by atoms with E-state index < -0.39 is 17.4 Å². The minimum absolute atomic E-state index is 0.0498. The van der Waals surface area contributed by atoms with E-state index in [0.29, 0.717) is 17.1 Å². The number of hydrogen-bond donors (Lipinski definition) is 1. The van der Waals surface area contributed by atoms with Gasteiger partial charge in [0.1, 0.15) is 17.5 Å². The van der Waals surface area contributed by atoms with Crippen LogP contribution in [0.5, 0.6) is 5.75 Å². The second kappa shape index (κ2) is 8.23. The smallest absolute Gasteiger partial charge is 0.283 e. The van der Waals surface area contributed by atoms with Crippen LogP contribution in [0.3, 0.4) is 0 Å². The van der Waals surface area contributed by atoms with E-state index in [-0.39, 0.29) is 24.3 Å². The maximum absolute atomic E-state index is 12.9. The highest BCUT2D eigenvalue weighted by atomic mass is 16.5. The summed E-state index contributed by atoms with van der Waals surface area (Å²) in [7, 11) is 1.57. The number of nitrogens with one attached hydrogen (secondary N) is 1. The van der Waals surface area contributed by atoms with Gasteiger partial charge in [0.2, 0.25) is 11.8 Å². The Kier molecular flexibility index (Phi) is 5.09. The van der Waals surface area contributed by atoms with Crippen LogP contribution in [0.25, 0.3) is 16.7 Å². The van der Waals surface area contributed by atoms with Gasteiger partial charge in [0.15, 0.2) is 5.65 Å². The molecule has 0 spiro atoms. The highest BCUT2D eigenvalue weighted by molar-refractivity contribution is 6.01. The highest BCUT2D eigenvalue weighted by Gasteiger charge is 2.35. The molecule has 1 saturated heterocycles. The van der Waals surface area contributed by atoms with Crippen molar-refractivity contribution in [3.8, 4) is 11.4 Å². The van der Waals surface area contributed by atoms with Crippen LogP contribution >= 0.6 is 0 Å². The van der Waals surface area contributed by atoms with Gasteiger partial charge >= 0.3 is 0 Å². The molecule has 2 aromatic carbocycles. The number of methoxy groups -OCH3 is 1. The molecule has 1 atom stereocenters. The third kappa shape index (κ3) is 3.71. The Hall–Kier alpha value is -4.47. The second-order valence-electron chi connectivity index (χ2n) is 7.63. The van der Waals surface area contributed by atoms with Gasteiger partial charge in [0.05, 0.1) is 24.9 Å². The number of carbonyl (C=O) groups is 2. The number of ether oxygens (including phenoxy) is 1. The van der Waals surface area contributed by atoms with E-state index in [1.165, 1.54) is 12.5 Å². The number of benzene rings is 2. The number of hydrogen-bond acceptors (Lipinski definition) is 6. The molecule has 0 bridgehead atoms. The largest absolute Gasteiger partial charge is 0.497 e. The minimum atomic E-state index is -0.603. The number of aromatic nitrogens is 4. The maximum atomic E-state index is 12.9. The van der Waals surface area contributed by atoms with Crippen LogP contribution in [0, 0.1) is 5.92 Å². The van der Waals surface area contributed by atoms with Crippen molar-refractivity contribution in [1.29, 1.82) is 0 Å².